The number of benzene rings is 1. The highest BCUT2D eigenvalue weighted by Gasteiger charge is 2.46. The number of aliphatic hydroxyl groups is 2. The summed E-state index contributed by atoms with van der Waals surface area (Å²) in [7, 11) is 0. The Kier molecular flexibility index (Phi) is 5.51. The van der Waals surface area contributed by atoms with Crippen LogP contribution in [-0.2, 0) is 9.63 Å². The number of hydrogen-bond acceptors (Lipinski definition) is 8. The van der Waals surface area contributed by atoms with E-state index in [9.17, 15) is 24.6 Å². The number of carbonyl (C=O) groups excluding carboxylic acids is 3. The number of rotatable bonds is 5. The highest BCUT2D eigenvalue weighted by molar-refractivity contribution is 6.22. The fraction of sp³-hybridized carbons (Fsp3) is 0.375. The summed E-state index contributed by atoms with van der Waals surface area (Å²) in [6.07, 6.45) is 8.22. The zero-order valence-electron chi connectivity index (χ0n) is 17.8. The lowest BCUT2D eigenvalue weighted by atomic mass is 9.79. The number of hydroxylamine groups is 2. The third-order valence-electron chi connectivity index (χ3n) is 6.58. The summed E-state index contributed by atoms with van der Waals surface area (Å²) < 4.78 is 0. The van der Waals surface area contributed by atoms with E-state index in [2.05, 4.69) is 10.2 Å². The van der Waals surface area contributed by atoms with Gasteiger partial charge in [-0.05, 0) is 49.8 Å². The Morgan fingerprint density at radius 1 is 1.09 bits per heavy atom. The normalized spacial score (nSPS) is 26.9. The predicted octanol–water partition coefficient (Wildman–Crippen LogP) is 3.70. The molecule has 0 radical (unpaired) electrons. The first kappa shape index (κ1) is 21.4. The number of azo groups is 1. The van der Waals surface area contributed by atoms with Gasteiger partial charge >= 0.3 is 0 Å². The van der Waals surface area contributed by atoms with Gasteiger partial charge in [-0.25, -0.2) is 0 Å². The average Bonchev–Trinajstić information content (AvgIpc) is 3.21. The lowest BCUT2D eigenvalue weighted by Gasteiger charge is -2.27. The number of imide groups is 1. The summed E-state index contributed by atoms with van der Waals surface area (Å²) in [6, 6.07) is 4.59. The molecule has 9 heteroatoms. The molecule has 0 saturated heterocycles. The van der Waals surface area contributed by atoms with Gasteiger partial charge in [0.2, 0.25) is 0 Å². The fourth-order valence-corrected chi connectivity index (χ4v) is 4.81. The molecule has 9 nitrogen and oxygen atoms in total. The summed E-state index contributed by atoms with van der Waals surface area (Å²) in [5, 5.41) is 29.1. The molecule has 33 heavy (non-hydrogen) atoms. The minimum Gasteiger partial charge on any atom is -0.510 e. The number of amides is 2. The summed E-state index contributed by atoms with van der Waals surface area (Å²) in [6.45, 7) is 0.122. The molecule has 3 aliphatic carbocycles. The van der Waals surface area contributed by atoms with E-state index >= 15 is 0 Å². The van der Waals surface area contributed by atoms with Gasteiger partial charge in [-0.2, -0.15) is 0 Å². The fourth-order valence-electron chi connectivity index (χ4n) is 4.81. The van der Waals surface area contributed by atoms with E-state index in [0.29, 0.717) is 19.3 Å². The van der Waals surface area contributed by atoms with Crippen molar-refractivity contribution in [3.63, 3.8) is 0 Å². The Bertz CT molecular complexity index is 1160. The van der Waals surface area contributed by atoms with Crippen molar-refractivity contribution in [2.75, 3.05) is 6.61 Å². The molecular formula is C24H23N3O6. The standard InChI is InChI=1S/C24H23N3O6/c28-14-9-10-15-17(11-14)22(30)20(21(15)29)26-25-18-8-4-7-16-19(18)24(32)27(23(16)31)33-12-13-5-2-1-3-6-13/h1-2,4-5,7-8,14-15,17,28,30H,3,6,9-12H2. The molecule has 2 amide bonds. The first-order valence-corrected chi connectivity index (χ1v) is 11.0. The molecule has 5 rings (SSSR count). The average molecular weight is 449 g/mol. The third-order valence-corrected chi connectivity index (χ3v) is 6.58. The van der Waals surface area contributed by atoms with E-state index in [1.54, 1.807) is 6.07 Å². The number of Topliss-reactive ketones (excluding diaryl/α,β-unsaturated/α-hetero) is 1. The largest absolute Gasteiger partial charge is 0.510 e. The van der Waals surface area contributed by atoms with Crippen LogP contribution in [0.2, 0.25) is 0 Å². The quantitative estimate of drug-likeness (QED) is 0.521. The van der Waals surface area contributed by atoms with E-state index in [1.807, 2.05) is 18.2 Å². The van der Waals surface area contributed by atoms with E-state index in [4.69, 9.17) is 4.84 Å². The maximum atomic E-state index is 13.0. The number of allylic oxidation sites excluding steroid dienone is 5. The van der Waals surface area contributed by atoms with Crippen LogP contribution in [0.3, 0.4) is 0 Å². The van der Waals surface area contributed by atoms with Crippen molar-refractivity contribution in [2.45, 2.75) is 38.2 Å². The molecule has 4 aliphatic rings. The van der Waals surface area contributed by atoms with Crippen LogP contribution >= 0.6 is 0 Å². The minimum absolute atomic E-state index is 0.0437. The van der Waals surface area contributed by atoms with Crippen molar-refractivity contribution in [1.82, 2.24) is 5.06 Å². The Labute approximate surface area is 189 Å². The predicted molar refractivity (Wildman–Crippen MR) is 115 cm³/mol. The minimum atomic E-state index is -0.649. The van der Waals surface area contributed by atoms with E-state index in [-0.39, 0.29) is 40.7 Å². The summed E-state index contributed by atoms with van der Waals surface area (Å²) in [4.78, 5) is 43.9. The molecular weight excluding hydrogens is 426 g/mol. The maximum absolute atomic E-state index is 13.0. The van der Waals surface area contributed by atoms with Crippen molar-refractivity contribution in [2.24, 2.45) is 22.1 Å². The van der Waals surface area contributed by atoms with Gasteiger partial charge in [0.05, 0.1) is 29.5 Å². The Hall–Kier alpha value is -3.43. The van der Waals surface area contributed by atoms with Gasteiger partial charge in [-0.3, -0.25) is 19.2 Å². The van der Waals surface area contributed by atoms with Crippen molar-refractivity contribution < 1.29 is 29.4 Å². The number of aliphatic hydroxyl groups excluding tert-OH is 2. The van der Waals surface area contributed by atoms with Crippen LogP contribution in [0, 0.1) is 11.8 Å². The van der Waals surface area contributed by atoms with Crippen molar-refractivity contribution in [3.8, 4) is 0 Å². The zero-order valence-corrected chi connectivity index (χ0v) is 17.8. The number of hydrogen-bond donors (Lipinski definition) is 2. The summed E-state index contributed by atoms with van der Waals surface area (Å²) in [5.74, 6) is -2.61. The monoisotopic (exact) mass is 449 g/mol. The molecule has 1 aromatic carbocycles. The van der Waals surface area contributed by atoms with Crippen LogP contribution < -0.4 is 0 Å². The molecule has 170 valence electrons. The van der Waals surface area contributed by atoms with Gasteiger partial charge in [0.1, 0.15) is 5.76 Å². The lowest BCUT2D eigenvalue weighted by Crippen LogP contribution is -2.30. The van der Waals surface area contributed by atoms with Crippen LogP contribution in [0.25, 0.3) is 0 Å². The Morgan fingerprint density at radius 2 is 1.94 bits per heavy atom. The van der Waals surface area contributed by atoms with Gasteiger partial charge in [0, 0.05) is 11.8 Å². The van der Waals surface area contributed by atoms with Crippen molar-refractivity contribution in [3.05, 3.63) is 64.6 Å². The van der Waals surface area contributed by atoms with Gasteiger partial charge in [-0.1, -0.05) is 24.3 Å². The number of nitrogens with zero attached hydrogens (tertiary/aromatic N) is 3. The van der Waals surface area contributed by atoms with Gasteiger partial charge < -0.3 is 10.2 Å². The summed E-state index contributed by atoms with van der Waals surface area (Å²) >= 11 is 0. The van der Waals surface area contributed by atoms with E-state index < -0.39 is 29.8 Å². The third kappa shape index (κ3) is 3.73. The molecule has 0 spiro atoms. The second kappa shape index (κ2) is 8.49. The molecule has 3 unspecified atom stereocenters. The highest BCUT2D eigenvalue weighted by atomic mass is 16.7. The van der Waals surface area contributed by atoms with Crippen molar-refractivity contribution >= 4 is 23.3 Å². The first-order valence-electron chi connectivity index (χ1n) is 11.0. The van der Waals surface area contributed by atoms with Crippen LogP contribution in [0.4, 0.5) is 5.69 Å². The molecule has 1 aliphatic heterocycles. The molecule has 1 aromatic rings. The molecule has 1 fully saturated rings. The zero-order chi connectivity index (χ0) is 23.1. The number of carbonyl (C=O) groups is 3. The van der Waals surface area contributed by atoms with Crippen LogP contribution in [0.5, 0.6) is 0 Å². The smallest absolute Gasteiger partial charge is 0.288 e. The Morgan fingerprint density at radius 3 is 2.73 bits per heavy atom. The highest BCUT2D eigenvalue weighted by Crippen LogP contribution is 2.43. The Balaban J connectivity index is 1.38. The topological polar surface area (TPSA) is 129 Å². The van der Waals surface area contributed by atoms with Crippen LogP contribution in [0.1, 0.15) is 52.8 Å². The van der Waals surface area contributed by atoms with Crippen LogP contribution in [0.15, 0.2) is 63.7 Å². The van der Waals surface area contributed by atoms with Crippen molar-refractivity contribution in [1.29, 1.82) is 0 Å². The first-order chi connectivity index (χ1) is 16.0. The summed E-state index contributed by atoms with van der Waals surface area (Å²) in [5.41, 5.74) is 1.12. The van der Waals surface area contributed by atoms with Gasteiger partial charge in [0.15, 0.2) is 11.5 Å². The van der Waals surface area contributed by atoms with E-state index in [0.717, 1.165) is 23.5 Å². The second-order valence-electron chi connectivity index (χ2n) is 8.65. The SMILES string of the molecule is O=C1C(N=Nc2cccc3c2C(=O)N(OCC2=CC=CCC2)C3=O)=C(O)C2CC(O)CCC12. The lowest BCUT2D eigenvalue weighted by molar-refractivity contribution is -0.120. The molecule has 0 aromatic heterocycles. The second-order valence-corrected chi connectivity index (χ2v) is 8.65. The van der Waals surface area contributed by atoms with E-state index in [1.165, 1.54) is 12.1 Å². The number of fused-ring (bicyclic) bond motifs is 2. The molecule has 0 bridgehead atoms. The number of ketones is 1. The van der Waals surface area contributed by atoms with Gasteiger partial charge in [0.25, 0.3) is 11.8 Å². The van der Waals surface area contributed by atoms with Crippen LogP contribution in [-0.4, -0.2) is 45.6 Å². The maximum Gasteiger partial charge on any atom is 0.288 e. The molecule has 1 saturated carbocycles. The molecule has 2 N–H and O–H groups in total. The van der Waals surface area contributed by atoms with Gasteiger partial charge in [-0.15, -0.1) is 15.3 Å². The molecule has 1 heterocycles. The molecule has 3 atom stereocenters.